The van der Waals surface area contributed by atoms with Crippen molar-refractivity contribution < 1.29 is 14.3 Å². The van der Waals surface area contributed by atoms with Crippen LogP contribution in [0.2, 0.25) is 0 Å². The molecule has 2 N–H and O–H groups in total. The van der Waals surface area contributed by atoms with Gasteiger partial charge < -0.3 is 14.8 Å². The van der Waals surface area contributed by atoms with Crippen molar-refractivity contribution in [3.8, 4) is 11.5 Å². The molecule has 120 valence electrons. The molecule has 0 heterocycles. The molecule has 0 aliphatic rings. The van der Waals surface area contributed by atoms with Crippen molar-refractivity contribution in [1.82, 2.24) is 5.43 Å². The minimum absolute atomic E-state index is 0.430. The van der Waals surface area contributed by atoms with E-state index >= 15 is 0 Å². The van der Waals surface area contributed by atoms with Crippen LogP contribution in [-0.4, -0.2) is 26.0 Å². The number of nitrogens with one attached hydrogen (secondary N) is 2. The number of urea groups is 1. The van der Waals surface area contributed by atoms with Gasteiger partial charge in [0.2, 0.25) is 0 Å². The number of carbonyl (C=O) groups excluding carboxylic acids is 1. The monoisotopic (exact) mass is 313 g/mol. The van der Waals surface area contributed by atoms with Gasteiger partial charge in [-0.2, -0.15) is 5.10 Å². The lowest BCUT2D eigenvalue weighted by Gasteiger charge is -2.07. The van der Waals surface area contributed by atoms with E-state index in [1.807, 2.05) is 31.2 Å². The molecule has 0 spiro atoms. The van der Waals surface area contributed by atoms with Gasteiger partial charge in [0.1, 0.15) is 11.5 Å². The number of para-hydroxylation sites is 1. The summed E-state index contributed by atoms with van der Waals surface area (Å²) < 4.78 is 10.5. The number of anilines is 1. The van der Waals surface area contributed by atoms with Crippen molar-refractivity contribution in [2.75, 3.05) is 19.0 Å². The number of benzene rings is 2. The molecule has 2 amide bonds. The molecule has 2 aromatic rings. The Morgan fingerprint density at radius 2 is 1.91 bits per heavy atom. The summed E-state index contributed by atoms with van der Waals surface area (Å²) in [7, 11) is 1.59. The van der Waals surface area contributed by atoms with Gasteiger partial charge >= 0.3 is 6.03 Å². The highest BCUT2D eigenvalue weighted by Gasteiger charge is 2.01. The standard InChI is InChI=1S/C17H19N3O3/c1-3-23-16-7-5-4-6-13(16)12-18-20-17(21)19-14-8-10-15(22-2)11-9-14/h4-12H,3H2,1-2H3,(H2,19,20,21). The molecule has 6 heteroatoms. The summed E-state index contributed by atoms with van der Waals surface area (Å²) in [5.41, 5.74) is 3.85. The first kappa shape index (κ1) is 16.4. The van der Waals surface area contributed by atoms with Crippen LogP contribution >= 0.6 is 0 Å². The second-order valence-electron chi connectivity index (χ2n) is 4.52. The third-order valence-electron chi connectivity index (χ3n) is 2.94. The minimum atomic E-state index is -0.430. The van der Waals surface area contributed by atoms with E-state index in [1.165, 1.54) is 0 Å². The number of nitrogens with zero attached hydrogens (tertiary/aromatic N) is 1. The second kappa shape index (κ2) is 8.43. The highest BCUT2D eigenvalue weighted by atomic mass is 16.5. The van der Waals surface area contributed by atoms with Gasteiger partial charge in [0, 0.05) is 11.3 Å². The zero-order chi connectivity index (χ0) is 16.5. The van der Waals surface area contributed by atoms with E-state index in [0.717, 1.165) is 17.1 Å². The van der Waals surface area contributed by atoms with Crippen LogP contribution in [0.3, 0.4) is 0 Å². The average Bonchev–Trinajstić information content (AvgIpc) is 2.57. The van der Waals surface area contributed by atoms with Gasteiger partial charge in [-0.3, -0.25) is 0 Å². The molecule has 0 aliphatic heterocycles. The van der Waals surface area contributed by atoms with E-state index in [-0.39, 0.29) is 0 Å². The Balaban J connectivity index is 1.90. The average molecular weight is 313 g/mol. The quantitative estimate of drug-likeness (QED) is 0.635. The molecular formula is C17H19N3O3. The number of ether oxygens (including phenoxy) is 2. The fourth-order valence-corrected chi connectivity index (χ4v) is 1.87. The van der Waals surface area contributed by atoms with E-state index in [1.54, 1.807) is 37.6 Å². The van der Waals surface area contributed by atoms with Gasteiger partial charge in [-0.1, -0.05) is 12.1 Å². The molecule has 0 radical (unpaired) electrons. The molecule has 0 unspecified atom stereocenters. The predicted octanol–water partition coefficient (Wildman–Crippen LogP) is 3.25. The summed E-state index contributed by atoms with van der Waals surface area (Å²) in [6, 6.07) is 14.0. The summed E-state index contributed by atoms with van der Waals surface area (Å²) >= 11 is 0. The van der Waals surface area contributed by atoms with Crippen LogP contribution in [0.1, 0.15) is 12.5 Å². The van der Waals surface area contributed by atoms with Crippen LogP contribution in [0.15, 0.2) is 53.6 Å². The maximum absolute atomic E-state index is 11.8. The Labute approximate surface area is 135 Å². The molecule has 0 bridgehead atoms. The lowest BCUT2D eigenvalue weighted by molar-refractivity contribution is 0.252. The third kappa shape index (κ3) is 5.03. The second-order valence-corrected chi connectivity index (χ2v) is 4.52. The summed E-state index contributed by atoms with van der Waals surface area (Å²) in [6.07, 6.45) is 1.54. The van der Waals surface area contributed by atoms with Crippen LogP contribution in [0.25, 0.3) is 0 Å². The number of methoxy groups -OCH3 is 1. The van der Waals surface area contributed by atoms with Crippen LogP contribution < -0.4 is 20.2 Å². The SMILES string of the molecule is CCOc1ccccc1C=NNC(=O)Nc1ccc(OC)cc1. The van der Waals surface area contributed by atoms with E-state index in [9.17, 15) is 4.79 Å². The minimum Gasteiger partial charge on any atom is -0.497 e. The molecular weight excluding hydrogens is 294 g/mol. The summed E-state index contributed by atoms with van der Waals surface area (Å²) in [5, 5.41) is 6.59. The van der Waals surface area contributed by atoms with Crippen molar-refractivity contribution in [2.45, 2.75) is 6.92 Å². The van der Waals surface area contributed by atoms with Crippen molar-refractivity contribution >= 4 is 17.9 Å². The van der Waals surface area contributed by atoms with Crippen LogP contribution in [0, 0.1) is 0 Å². The van der Waals surface area contributed by atoms with Gasteiger partial charge in [-0.25, -0.2) is 10.2 Å². The van der Waals surface area contributed by atoms with Gasteiger partial charge in [-0.15, -0.1) is 0 Å². The normalized spacial score (nSPS) is 10.3. The first-order valence-electron chi connectivity index (χ1n) is 7.19. The Bertz CT molecular complexity index is 669. The molecule has 0 fully saturated rings. The zero-order valence-corrected chi connectivity index (χ0v) is 13.1. The smallest absolute Gasteiger partial charge is 0.339 e. The first-order chi connectivity index (χ1) is 11.2. The van der Waals surface area contributed by atoms with Crippen LogP contribution in [-0.2, 0) is 0 Å². The summed E-state index contributed by atoms with van der Waals surface area (Å²) in [5.74, 6) is 1.44. The molecule has 2 rings (SSSR count). The number of rotatable bonds is 6. The topological polar surface area (TPSA) is 72.0 Å². The van der Waals surface area contributed by atoms with Gasteiger partial charge in [0.15, 0.2) is 0 Å². The summed E-state index contributed by atoms with van der Waals surface area (Å²) in [6.45, 7) is 2.48. The molecule has 23 heavy (non-hydrogen) atoms. The van der Waals surface area contributed by atoms with E-state index in [4.69, 9.17) is 9.47 Å². The zero-order valence-electron chi connectivity index (χ0n) is 13.1. The largest absolute Gasteiger partial charge is 0.497 e. The Hall–Kier alpha value is -3.02. The Morgan fingerprint density at radius 3 is 2.61 bits per heavy atom. The van der Waals surface area contributed by atoms with Crippen LogP contribution in [0.5, 0.6) is 11.5 Å². The lowest BCUT2D eigenvalue weighted by Crippen LogP contribution is -2.24. The maximum atomic E-state index is 11.8. The summed E-state index contributed by atoms with van der Waals surface area (Å²) in [4.78, 5) is 11.8. The van der Waals surface area contributed by atoms with Crippen molar-refractivity contribution in [1.29, 1.82) is 0 Å². The number of hydrogen-bond donors (Lipinski definition) is 2. The van der Waals surface area contributed by atoms with Gasteiger partial charge in [0.25, 0.3) is 0 Å². The highest BCUT2D eigenvalue weighted by molar-refractivity contribution is 5.90. The molecule has 2 aromatic carbocycles. The Morgan fingerprint density at radius 1 is 1.17 bits per heavy atom. The molecule has 0 saturated heterocycles. The van der Waals surface area contributed by atoms with Crippen molar-refractivity contribution in [2.24, 2.45) is 5.10 Å². The van der Waals surface area contributed by atoms with Crippen molar-refractivity contribution in [3.05, 3.63) is 54.1 Å². The third-order valence-corrected chi connectivity index (χ3v) is 2.94. The fourth-order valence-electron chi connectivity index (χ4n) is 1.87. The number of carbonyl (C=O) groups is 1. The van der Waals surface area contributed by atoms with Crippen LogP contribution in [0.4, 0.5) is 10.5 Å². The first-order valence-corrected chi connectivity index (χ1v) is 7.19. The van der Waals surface area contributed by atoms with Gasteiger partial charge in [0.05, 0.1) is 19.9 Å². The molecule has 0 saturated carbocycles. The molecule has 0 atom stereocenters. The predicted molar refractivity (Wildman–Crippen MR) is 90.4 cm³/mol. The number of amides is 2. The van der Waals surface area contributed by atoms with Crippen molar-refractivity contribution in [3.63, 3.8) is 0 Å². The lowest BCUT2D eigenvalue weighted by atomic mass is 10.2. The van der Waals surface area contributed by atoms with E-state index < -0.39 is 6.03 Å². The maximum Gasteiger partial charge on any atom is 0.339 e. The fraction of sp³-hybridized carbons (Fsp3) is 0.176. The highest BCUT2D eigenvalue weighted by Crippen LogP contribution is 2.16. The number of hydrazone groups is 1. The molecule has 0 aliphatic carbocycles. The molecule has 6 nitrogen and oxygen atoms in total. The molecule has 0 aromatic heterocycles. The van der Waals surface area contributed by atoms with E-state index in [0.29, 0.717) is 12.3 Å². The number of hydrogen-bond acceptors (Lipinski definition) is 4. The Kier molecular flexibility index (Phi) is 5.99. The van der Waals surface area contributed by atoms with E-state index in [2.05, 4.69) is 15.8 Å². The van der Waals surface area contributed by atoms with Gasteiger partial charge in [-0.05, 0) is 43.3 Å².